The zero-order chi connectivity index (χ0) is 22.8. The molecule has 1 aliphatic carbocycles. The van der Waals surface area contributed by atoms with Crippen molar-refractivity contribution in [3.05, 3.63) is 66.2 Å². The number of benzene rings is 2. The summed E-state index contributed by atoms with van der Waals surface area (Å²) in [6.07, 6.45) is 2.06. The first kappa shape index (κ1) is 22.0. The van der Waals surface area contributed by atoms with Crippen LogP contribution < -0.4 is 15.5 Å². The summed E-state index contributed by atoms with van der Waals surface area (Å²) in [5.41, 5.74) is 0.980. The van der Waals surface area contributed by atoms with Crippen LogP contribution in [0.4, 0.5) is 10.1 Å². The molecule has 0 aromatic heterocycles. The van der Waals surface area contributed by atoms with E-state index in [-0.39, 0.29) is 18.1 Å². The van der Waals surface area contributed by atoms with Crippen LogP contribution in [0, 0.1) is 0 Å². The van der Waals surface area contributed by atoms with Crippen molar-refractivity contribution >= 4 is 17.4 Å². The minimum Gasteiger partial charge on any atom is -0.339 e. The molecule has 6 nitrogen and oxygen atoms in total. The second kappa shape index (κ2) is 9.23. The summed E-state index contributed by atoms with van der Waals surface area (Å²) >= 11 is 0. The number of likely N-dealkylation sites (tertiary alicyclic amines) is 1. The van der Waals surface area contributed by atoms with Gasteiger partial charge in [-0.05, 0) is 37.8 Å². The zero-order valence-electron chi connectivity index (χ0n) is 18.8. The third kappa shape index (κ3) is 4.52. The van der Waals surface area contributed by atoms with Crippen LogP contribution >= 0.6 is 0 Å². The van der Waals surface area contributed by atoms with Gasteiger partial charge in [0.05, 0.1) is 12.7 Å². The molecule has 2 aliphatic heterocycles. The fourth-order valence-corrected chi connectivity index (χ4v) is 5.14. The molecule has 1 spiro atoms. The number of nitrogens with zero attached hydrogens (tertiary/aromatic N) is 2. The summed E-state index contributed by atoms with van der Waals surface area (Å²) in [5.74, 6) is -0.0296. The van der Waals surface area contributed by atoms with E-state index >= 15 is 4.39 Å². The highest BCUT2D eigenvalue weighted by Gasteiger charge is 2.51. The first-order chi connectivity index (χ1) is 16.1. The summed E-state index contributed by atoms with van der Waals surface area (Å²) in [7, 11) is 0. The smallest absolute Gasteiger partial charge is 0.247 e. The van der Waals surface area contributed by atoms with Gasteiger partial charge in [0, 0.05) is 36.8 Å². The molecule has 2 atom stereocenters. The number of Topliss-reactive ketones (excluding diaryl/α,β-unsaturated/α-hetero) is 1. The third-order valence-electron chi connectivity index (χ3n) is 7.25. The van der Waals surface area contributed by atoms with Crippen molar-refractivity contribution in [2.75, 3.05) is 24.7 Å². The van der Waals surface area contributed by atoms with Crippen LogP contribution in [0.1, 0.15) is 42.5 Å². The number of anilines is 1. The molecule has 2 N–H and O–H groups in total. The van der Waals surface area contributed by atoms with Crippen LogP contribution in [0.15, 0.2) is 60.7 Å². The number of ketones is 1. The molecule has 0 radical (unpaired) electrons. The Labute approximate surface area is 194 Å². The van der Waals surface area contributed by atoms with Crippen molar-refractivity contribution in [1.29, 1.82) is 0 Å². The Bertz CT molecular complexity index is 974. The van der Waals surface area contributed by atoms with Gasteiger partial charge in [0.15, 0.2) is 12.1 Å². The maximum Gasteiger partial charge on any atom is 0.247 e. The van der Waals surface area contributed by atoms with Crippen LogP contribution in [0.5, 0.6) is 0 Å². The van der Waals surface area contributed by atoms with E-state index in [0.29, 0.717) is 44.2 Å². The van der Waals surface area contributed by atoms with E-state index in [0.717, 1.165) is 18.5 Å². The molecule has 2 aromatic rings. The second-order valence-corrected chi connectivity index (χ2v) is 9.39. The van der Waals surface area contributed by atoms with Crippen molar-refractivity contribution < 1.29 is 14.0 Å². The number of carbonyl (C=O) groups excluding carboxylic acids is 2. The number of carbonyl (C=O) groups is 2. The lowest BCUT2D eigenvalue weighted by Crippen LogP contribution is -2.58. The standard InChI is InChI=1S/C26H31FN4O2/c27-23(17-22(29-20-11-12-20)24(32)19-7-3-1-4-8-19)30-15-13-26(14-16-30)25(33)28-18-31(26)21-9-5-2-6-10-21/h1-10,20,22-23,29H,11-18H2,(H,28,33). The van der Waals surface area contributed by atoms with E-state index in [9.17, 15) is 9.59 Å². The molecule has 7 heteroatoms. The lowest BCUT2D eigenvalue weighted by molar-refractivity contribution is -0.125. The van der Waals surface area contributed by atoms with Crippen molar-refractivity contribution in [3.63, 3.8) is 0 Å². The molecule has 1 saturated carbocycles. The van der Waals surface area contributed by atoms with Crippen molar-refractivity contribution in [3.8, 4) is 0 Å². The highest BCUT2D eigenvalue weighted by Crippen LogP contribution is 2.37. The van der Waals surface area contributed by atoms with Crippen LogP contribution in [0.3, 0.4) is 0 Å². The lowest BCUT2D eigenvalue weighted by Gasteiger charge is -2.44. The highest BCUT2D eigenvalue weighted by atomic mass is 19.1. The fraction of sp³-hybridized carbons (Fsp3) is 0.462. The molecule has 5 rings (SSSR count). The van der Waals surface area contributed by atoms with E-state index < -0.39 is 17.9 Å². The minimum atomic E-state index is -1.24. The Kier molecular flexibility index (Phi) is 6.17. The first-order valence-corrected chi connectivity index (χ1v) is 11.9. The van der Waals surface area contributed by atoms with Crippen LogP contribution in [-0.4, -0.2) is 60.3 Å². The lowest BCUT2D eigenvalue weighted by atomic mass is 9.85. The monoisotopic (exact) mass is 450 g/mol. The summed E-state index contributed by atoms with van der Waals surface area (Å²) in [6, 6.07) is 18.8. The zero-order valence-corrected chi connectivity index (χ0v) is 18.8. The van der Waals surface area contributed by atoms with Gasteiger partial charge in [-0.2, -0.15) is 0 Å². The molecule has 2 saturated heterocycles. The minimum absolute atomic E-state index is 0.0222. The second-order valence-electron chi connectivity index (χ2n) is 9.39. The van der Waals surface area contributed by atoms with Gasteiger partial charge in [0.25, 0.3) is 0 Å². The summed E-state index contributed by atoms with van der Waals surface area (Å²) < 4.78 is 15.5. The predicted molar refractivity (Wildman–Crippen MR) is 126 cm³/mol. The highest BCUT2D eigenvalue weighted by molar-refractivity contribution is 6.00. The van der Waals surface area contributed by atoms with Gasteiger partial charge < -0.3 is 15.5 Å². The Morgan fingerprint density at radius 1 is 1.06 bits per heavy atom. The number of rotatable bonds is 8. The van der Waals surface area contributed by atoms with Crippen LogP contribution in [-0.2, 0) is 4.79 Å². The molecule has 3 fully saturated rings. The van der Waals surface area contributed by atoms with Gasteiger partial charge in [0.2, 0.25) is 5.91 Å². The molecule has 174 valence electrons. The van der Waals surface area contributed by atoms with Gasteiger partial charge in [-0.15, -0.1) is 0 Å². The molecule has 3 aliphatic rings. The normalized spacial score (nSPS) is 22.2. The SMILES string of the molecule is O=C(c1ccccc1)C(CC(F)N1CCC2(CC1)C(=O)NCN2c1ccccc1)NC1CC1. The van der Waals surface area contributed by atoms with Crippen LogP contribution in [0.2, 0.25) is 0 Å². The van der Waals surface area contributed by atoms with Gasteiger partial charge in [0.1, 0.15) is 5.54 Å². The Hall–Kier alpha value is -2.77. The van der Waals surface area contributed by atoms with E-state index in [1.807, 2.05) is 48.5 Å². The van der Waals surface area contributed by atoms with Crippen molar-refractivity contribution in [2.24, 2.45) is 0 Å². The average Bonchev–Trinajstić information content (AvgIpc) is 3.63. The average molecular weight is 451 g/mol. The van der Waals surface area contributed by atoms with Crippen LogP contribution in [0.25, 0.3) is 0 Å². The number of hydrogen-bond donors (Lipinski definition) is 2. The van der Waals surface area contributed by atoms with Crippen molar-refractivity contribution in [2.45, 2.75) is 56.0 Å². The van der Waals surface area contributed by atoms with Gasteiger partial charge in [-0.1, -0.05) is 48.5 Å². The van der Waals surface area contributed by atoms with Gasteiger partial charge in [-0.3, -0.25) is 14.5 Å². The number of amides is 1. The van der Waals surface area contributed by atoms with E-state index in [1.165, 1.54) is 0 Å². The Morgan fingerprint density at radius 2 is 1.70 bits per heavy atom. The largest absolute Gasteiger partial charge is 0.339 e. The predicted octanol–water partition coefficient (Wildman–Crippen LogP) is 3.10. The Morgan fingerprint density at radius 3 is 2.33 bits per heavy atom. The molecular weight excluding hydrogens is 419 g/mol. The maximum atomic E-state index is 15.5. The number of piperidine rings is 1. The van der Waals surface area contributed by atoms with Gasteiger partial charge >= 0.3 is 0 Å². The number of halogens is 1. The van der Waals surface area contributed by atoms with Gasteiger partial charge in [-0.25, -0.2) is 4.39 Å². The molecule has 1 amide bonds. The quantitative estimate of drug-likeness (QED) is 0.478. The fourth-order valence-electron chi connectivity index (χ4n) is 5.14. The first-order valence-electron chi connectivity index (χ1n) is 11.9. The van der Waals surface area contributed by atoms with E-state index in [1.54, 1.807) is 17.0 Å². The number of nitrogens with one attached hydrogen (secondary N) is 2. The molecule has 33 heavy (non-hydrogen) atoms. The molecule has 2 heterocycles. The summed E-state index contributed by atoms with van der Waals surface area (Å²) in [4.78, 5) is 29.8. The molecule has 0 bridgehead atoms. The molecule has 2 aromatic carbocycles. The number of para-hydroxylation sites is 1. The number of hydrogen-bond acceptors (Lipinski definition) is 5. The van der Waals surface area contributed by atoms with E-state index in [4.69, 9.17) is 0 Å². The maximum absolute atomic E-state index is 15.5. The summed E-state index contributed by atoms with van der Waals surface area (Å²) in [6.45, 7) is 1.43. The number of alkyl halides is 1. The van der Waals surface area contributed by atoms with Crippen molar-refractivity contribution in [1.82, 2.24) is 15.5 Å². The third-order valence-corrected chi connectivity index (χ3v) is 7.25. The molecular formula is C26H31FN4O2. The Balaban J connectivity index is 1.25. The molecule has 2 unspecified atom stereocenters. The topological polar surface area (TPSA) is 64.7 Å². The summed E-state index contributed by atoms with van der Waals surface area (Å²) in [5, 5.41) is 6.34. The van der Waals surface area contributed by atoms with E-state index in [2.05, 4.69) is 15.5 Å².